The highest BCUT2D eigenvalue weighted by Gasteiger charge is 2.03. The number of unbranched alkanes of at least 4 members (excludes halogenated alkanes) is 1. The normalized spacial score (nSPS) is 10.0. The minimum absolute atomic E-state index is 0.256. The fraction of sp³-hybridized carbons (Fsp3) is 0.222. The molecule has 1 nitrogen and oxygen atoms in total. The van der Waals surface area contributed by atoms with E-state index in [1.807, 2.05) is 0 Å². The third-order valence-corrected chi connectivity index (χ3v) is 3.61. The van der Waals surface area contributed by atoms with Crippen LogP contribution in [0.4, 0.5) is 8.78 Å². The van der Waals surface area contributed by atoms with Crippen molar-refractivity contribution in [2.24, 2.45) is 0 Å². The zero-order chi connectivity index (χ0) is 15.9. The first kappa shape index (κ1) is 16.5. The Kier molecular flexibility index (Phi) is 5.97. The lowest BCUT2D eigenvalue weighted by molar-refractivity contribution is 0.308. The molecule has 2 rings (SSSR count). The van der Waals surface area contributed by atoms with Gasteiger partial charge in [0.05, 0.1) is 16.6 Å². The first-order valence-corrected chi connectivity index (χ1v) is 7.79. The molecular weight excluding hydrogens is 350 g/mol. The molecule has 0 aromatic heterocycles. The number of rotatable bonds is 4. The maximum Gasteiger partial charge on any atom is 0.142 e. The Balaban J connectivity index is 2.13. The van der Waals surface area contributed by atoms with Crippen molar-refractivity contribution < 1.29 is 13.5 Å². The summed E-state index contributed by atoms with van der Waals surface area (Å²) in [6.07, 6.45) is 1.95. The molecule has 0 amide bonds. The first-order valence-electron chi connectivity index (χ1n) is 6.99. The number of benzene rings is 2. The molecule has 0 N–H and O–H groups in total. The number of ether oxygens (including phenoxy) is 1. The quantitative estimate of drug-likeness (QED) is 0.527. The van der Waals surface area contributed by atoms with Crippen molar-refractivity contribution in [1.29, 1.82) is 0 Å². The second-order valence-corrected chi connectivity index (χ2v) is 5.58. The van der Waals surface area contributed by atoms with Gasteiger partial charge in [-0.05, 0) is 52.7 Å². The summed E-state index contributed by atoms with van der Waals surface area (Å²) in [5.41, 5.74) is 0.745. The molecule has 0 fully saturated rings. The molecular formula is C18H15BrF2O. The van der Waals surface area contributed by atoms with Crippen LogP contribution < -0.4 is 4.74 Å². The van der Waals surface area contributed by atoms with Crippen molar-refractivity contribution in [2.75, 3.05) is 6.61 Å². The molecule has 114 valence electrons. The van der Waals surface area contributed by atoms with Gasteiger partial charge < -0.3 is 4.74 Å². The van der Waals surface area contributed by atoms with Crippen LogP contribution in [0.15, 0.2) is 40.9 Å². The average molecular weight is 365 g/mol. The highest BCUT2D eigenvalue weighted by Crippen LogP contribution is 2.18. The summed E-state index contributed by atoms with van der Waals surface area (Å²) in [6, 6.07) is 9.11. The van der Waals surface area contributed by atoms with Crippen LogP contribution in [0.5, 0.6) is 5.75 Å². The predicted octanol–water partition coefficient (Wildman–Crippen LogP) is 5.31. The van der Waals surface area contributed by atoms with Gasteiger partial charge in [0.1, 0.15) is 17.4 Å². The van der Waals surface area contributed by atoms with Crippen LogP contribution in [-0.2, 0) is 0 Å². The van der Waals surface area contributed by atoms with E-state index in [0.29, 0.717) is 22.4 Å². The van der Waals surface area contributed by atoms with Gasteiger partial charge in [-0.25, -0.2) is 8.78 Å². The van der Waals surface area contributed by atoms with Gasteiger partial charge in [0.25, 0.3) is 0 Å². The lowest BCUT2D eigenvalue weighted by atomic mass is 10.1. The molecule has 0 atom stereocenters. The Labute approximate surface area is 137 Å². The van der Waals surface area contributed by atoms with E-state index < -0.39 is 11.6 Å². The summed E-state index contributed by atoms with van der Waals surface area (Å²) < 4.78 is 33.1. The zero-order valence-corrected chi connectivity index (χ0v) is 13.7. The molecule has 0 aliphatic carbocycles. The molecule has 0 unspecified atom stereocenters. The molecule has 22 heavy (non-hydrogen) atoms. The Morgan fingerprint density at radius 2 is 1.86 bits per heavy atom. The first-order chi connectivity index (χ1) is 10.6. The molecule has 0 spiro atoms. The van der Waals surface area contributed by atoms with E-state index in [4.69, 9.17) is 4.74 Å². The molecule has 0 bridgehead atoms. The topological polar surface area (TPSA) is 9.23 Å². The molecule has 0 saturated carbocycles. The summed E-state index contributed by atoms with van der Waals surface area (Å²) >= 11 is 3.07. The SMILES string of the molecule is CCCCOc1ccc(C#Cc2ccc(Br)c(F)c2)c(F)c1. The molecule has 2 aromatic rings. The average Bonchev–Trinajstić information content (AvgIpc) is 2.50. The Morgan fingerprint density at radius 1 is 1.05 bits per heavy atom. The van der Waals surface area contributed by atoms with Crippen LogP contribution in [0.25, 0.3) is 0 Å². The van der Waals surface area contributed by atoms with E-state index in [2.05, 4.69) is 34.7 Å². The number of hydrogen-bond donors (Lipinski definition) is 0. The van der Waals surface area contributed by atoms with Gasteiger partial charge in [-0.3, -0.25) is 0 Å². The lowest BCUT2D eigenvalue weighted by Gasteiger charge is -2.05. The van der Waals surface area contributed by atoms with Crippen molar-refractivity contribution in [3.8, 4) is 17.6 Å². The summed E-state index contributed by atoms with van der Waals surface area (Å²) in [7, 11) is 0. The highest BCUT2D eigenvalue weighted by atomic mass is 79.9. The molecule has 0 aliphatic heterocycles. The Bertz CT molecular complexity index is 717. The van der Waals surface area contributed by atoms with Crippen LogP contribution in [-0.4, -0.2) is 6.61 Å². The van der Waals surface area contributed by atoms with E-state index in [9.17, 15) is 8.78 Å². The maximum absolute atomic E-state index is 13.9. The van der Waals surface area contributed by atoms with E-state index >= 15 is 0 Å². The largest absolute Gasteiger partial charge is 0.493 e. The molecule has 2 aromatic carbocycles. The van der Waals surface area contributed by atoms with E-state index in [1.165, 1.54) is 12.1 Å². The van der Waals surface area contributed by atoms with Crippen LogP contribution in [0.2, 0.25) is 0 Å². The van der Waals surface area contributed by atoms with Crippen LogP contribution in [0.1, 0.15) is 30.9 Å². The van der Waals surface area contributed by atoms with E-state index in [1.54, 1.807) is 24.3 Å². The summed E-state index contributed by atoms with van der Waals surface area (Å²) in [5, 5.41) is 0. The summed E-state index contributed by atoms with van der Waals surface area (Å²) in [4.78, 5) is 0. The Morgan fingerprint density at radius 3 is 2.55 bits per heavy atom. The highest BCUT2D eigenvalue weighted by molar-refractivity contribution is 9.10. The molecule has 0 radical (unpaired) electrons. The fourth-order valence-electron chi connectivity index (χ4n) is 1.73. The number of halogens is 3. The minimum atomic E-state index is -0.445. The second kappa shape index (κ2) is 7.95. The van der Waals surface area contributed by atoms with Gasteiger partial charge >= 0.3 is 0 Å². The van der Waals surface area contributed by atoms with Gasteiger partial charge in [-0.15, -0.1) is 0 Å². The van der Waals surface area contributed by atoms with Crippen molar-refractivity contribution in [3.63, 3.8) is 0 Å². The minimum Gasteiger partial charge on any atom is -0.493 e. The summed E-state index contributed by atoms with van der Waals surface area (Å²) in [6.45, 7) is 2.63. The van der Waals surface area contributed by atoms with Crippen molar-refractivity contribution in [1.82, 2.24) is 0 Å². The molecule has 0 aliphatic rings. The fourth-order valence-corrected chi connectivity index (χ4v) is 1.98. The molecule has 0 heterocycles. The van der Waals surface area contributed by atoms with Gasteiger partial charge in [-0.2, -0.15) is 0 Å². The molecule has 4 heteroatoms. The smallest absolute Gasteiger partial charge is 0.142 e. The van der Waals surface area contributed by atoms with Crippen LogP contribution in [0, 0.1) is 23.5 Å². The molecule has 0 saturated heterocycles. The third-order valence-electron chi connectivity index (χ3n) is 2.97. The summed E-state index contributed by atoms with van der Waals surface area (Å²) in [5.74, 6) is 5.11. The van der Waals surface area contributed by atoms with Crippen LogP contribution in [0.3, 0.4) is 0 Å². The van der Waals surface area contributed by atoms with Crippen LogP contribution >= 0.6 is 15.9 Å². The van der Waals surface area contributed by atoms with Gasteiger partial charge in [0, 0.05) is 11.6 Å². The lowest BCUT2D eigenvalue weighted by Crippen LogP contribution is -1.97. The van der Waals surface area contributed by atoms with Crippen molar-refractivity contribution >= 4 is 15.9 Å². The Hall–Kier alpha value is -1.86. The van der Waals surface area contributed by atoms with E-state index in [-0.39, 0.29) is 5.56 Å². The predicted molar refractivity (Wildman–Crippen MR) is 86.9 cm³/mol. The van der Waals surface area contributed by atoms with Gasteiger partial charge in [0.2, 0.25) is 0 Å². The van der Waals surface area contributed by atoms with Gasteiger partial charge in [0.15, 0.2) is 0 Å². The zero-order valence-electron chi connectivity index (χ0n) is 12.1. The second-order valence-electron chi connectivity index (χ2n) is 4.72. The van der Waals surface area contributed by atoms with E-state index in [0.717, 1.165) is 12.8 Å². The standard InChI is InChI=1S/C18H15BrF2O/c1-2-3-10-22-15-8-7-14(17(20)12-15)6-4-13-5-9-16(19)18(21)11-13/h5,7-9,11-12H,2-3,10H2,1H3. The monoisotopic (exact) mass is 364 g/mol. The number of hydrogen-bond acceptors (Lipinski definition) is 1. The van der Waals surface area contributed by atoms with Gasteiger partial charge in [-0.1, -0.05) is 25.2 Å². The maximum atomic E-state index is 13.9. The van der Waals surface area contributed by atoms with Crippen molar-refractivity contribution in [2.45, 2.75) is 19.8 Å². The van der Waals surface area contributed by atoms with Crippen molar-refractivity contribution in [3.05, 3.63) is 63.6 Å². The third kappa shape index (κ3) is 4.57.